The zero-order valence-electron chi connectivity index (χ0n) is 12.4. The Balaban J connectivity index is 2.74. The van der Waals surface area contributed by atoms with E-state index in [9.17, 15) is 8.42 Å². The van der Waals surface area contributed by atoms with Crippen LogP contribution in [-0.4, -0.2) is 14.5 Å². The third-order valence-corrected chi connectivity index (χ3v) is 4.80. The van der Waals surface area contributed by atoms with Crippen LogP contribution in [0.1, 0.15) is 44.6 Å². The molecule has 0 radical (unpaired) electrons. The average molecular weight is 295 g/mol. The first kappa shape index (κ1) is 16.9. The van der Waals surface area contributed by atoms with Crippen molar-refractivity contribution in [2.45, 2.75) is 56.9 Å². The molecule has 0 aromatic heterocycles. The molecule has 0 fully saturated rings. The Morgan fingerprint density at radius 1 is 1.25 bits per heavy atom. The van der Waals surface area contributed by atoms with Crippen LogP contribution in [0.2, 0.25) is 0 Å². The number of rotatable bonds is 9. The molecule has 0 heterocycles. The molecule has 1 rings (SSSR count). The summed E-state index contributed by atoms with van der Waals surface area (Å²) in [5, 5.41) is 0. The summed E-state index contributed by atoms with van der Waals surface area (Å²) in [6.07, 6.45) is 6.57. The monoisotopic (exact) mass is 295 g/mol. The Morgan fingerprint density at radius 3 is 2.45 bits per heavy atom. The first-order valence-electron chi connectivity index (χ1n) is 7.19. The van der Waals surface area contributed by atoms with E-state index in [0.717, 1.165) is 31.2 Å². The third-order valence-electron chi connectivity index (χ3n) is 3.26. The van der Waals surface area contributed by atoms with Crippen molar-refractivity contribution in [3.63, 3.8) is 0 Å². The van der Waals surface area contributed by atoms with E-state index in [1.54, 1.807) is 18.2 Å². The summed E-state index contributed by atoms with van der Waals surface area (Å²) in [6.45, 7) is 7.79. The van der Waals surface area contributed by atoms with Gasteiger partial charge >= 0.3 is 0 Å². The molecule has 0 amide bonds. The second-order valence-corrected chi connectivity index (χ2v) is 6.87. The second-order valence-electron chi connectivity index (χ2n) is 5.15. The maximum absolute atomic E-state index is 12.3. The molecule has 3 nitrogen and oxygen atoms in total. The van der Waals surface area contributed by atoms with Gasteiger partial charge in [0.05, 0.1) is 4.90 Å². The van der Waals surface area contributed by atoms with Crippen LogP contribution in [0.3, 0.4) is 0 Å². The highest BCUT2D eigenvalue weighted by Gasteiger charge is 2.18. The zero-order chi connectivity index (χ0) is 15.0. The molecule has 1 aromatic carbocycles. The Bertz CT molecular complexity index is 506. The van der Waals surface area contributed by atoms with Crippen molar-refractivity contribution in [2.24, 2.45) is 0 Å². The molecule has 1 atom stereocenters. The van der Waals surface area contributed by atoms with Crippen LogP contribution in [0.5, 0.6) is 0 Å². The molecule has 0 aliphatic rings. The van der Waals surface area contributed by atoms with Crippen LogP contribution in [0.15, 0.2) is 41.8 Å². The van der Waals surface area contributed by atoms with Gasteiger partial charge < -0.3 is 0 Å². The summed E-state index contributed by atoms with van der Waals surface area (Å²) in [5.74, 6) is 0. The Kier molecular flexibility index (Phi) is 6.96. The molecule has 1 N–H and O–H groups in total. The predicted octanol–water partition coefficient (Wildman–Crippen LogP) is 3.80. The highest BCUT2D eigenvalue weighted by Crippen LogP contribution is 2.14. The van der Waals surface area contributed by atoms with Gasteiger partial charge in [0.15, 0.2) is 0 Å². The molecule has 20 heavy (non-hydrogen) atoms. The van der Waals surface area contributed by atoms with E-state index >= 15 is 0 Å². The summed E-state index contributed by atoms with van der Waals surface area (Å²) in [5.41, 5.74) is 1.05. The summed E-state index contributed by atoms with van der Waals surface area (Å²) >= 11 is 0. The Hall–Kier alpha value is -1.13. The van der Waals surface area contributed by atoms with Gasteiger partial charge in [-0.2, -0.15) is 0 Å². The van der Waals surface area contributed by atoms with Gasteiger partial charge in [-0.15, -0.1) is 6.58 Å². The van der Waals surface area contributed by atoms with Gasteiger partial charge in [0.1, 0.15) is 0 Å². The van der Waals surface area contributed by atoms with Crippen LogP contribution >= 0.6 is 0 Å². The van der Waals surface area contributed by atoms with Crippen molar-refractivity contribution in [3.8, 4) is 0 Å². The fraction of sp³-hybridized carbons (Fsp3) is 0.500. The molecule has 0 saturated heterocycles. The average Bonchev–Trinajstić information content (AvgIpc) is 2.39. The van der Waals surface area contributed by atoms with Gasteiger partial charge in [0.25, 0.3) is 0 Å². The van der Waals surface area contributed by atoms with Crippen LogP contribution in [0.4, 0.5) is 0 Å². The lowest BCUT2D eigenvalue weighted by Gasteiger charge is -2.17. The van der Waals surface area contributed by atoms with Crippen molar-refractivity contribution in [1.82, 2.24) is 4.72 Å². The minimum Gasteiger partial charge on any atom is -0.208 e. The molecule has 112 valence electrons. The second kappa shape index (κ2) is 8.22. The quantitative estimate of drug-likeness (QED) is 0.556. The summed E-state index contributed by atoms with van der Waals surface area (Å²) in [4.78, 5) is 0.327. The number of aryl methyl sites for hydroxylation is 1. The van der Waals surface area contributed by atoms with Crippen molar-refractivity contribution in [3.05, 3.63) is 42.5 Å². The van der Waals surface area contributed by atoms with Gasteiger partial charge in [0, 0.05) is 6.04 Å². The molecule has 1 unspecified atom stereocenters. The standard InChI is InChI=1S/C16H25NO2S/c1-4-6-7-9-15(8-5-2)17-20(18,19)16-12-10-14(3)11-13-16/h5,10-13,15,17H,2,4,6-9H2,1,3H3. The van der Waals surface area contributed by atoms with Crippen molar-refractivity contribution in [2.75, 3.05) is 0 Å². The van der Waals surface area contributed by atoms with E-state index in [0.29, 0.717) is 11.3 Å². The number of benzene rings is 1. The topological polar surface area (TPSA) is 46.2 Å². The maximum atomic E-state index is 12.3. The zero-order valence-corrected chi connectivity index (χ0v) is 13.2. The molecular formula is C16H25NO2S. The number of unbranched alkanes of at least 4 members (excludes halogenated alkanes) is 2. The highest BCUT2D eigenvalue weighted by atomic mass is 32.2. The molecular weight excluding hydrogens is 270 g/mol. The Morgan fingerprint density at radius 2 is 1.90 bits per heavy atom. The smallest absolute Gasteiger partial charge is 0.208 e. The fourth-order valence-electron chi connectivity index (χ4n) is 2.07. The summed E-state index contributed by atoms with van der Waals surface area (Å²) in [6, 6.07) is 6.86. The molecule has 0 aliphatic carbocycles. The largest absolute Gasteiger partial charge is 0.240 e. The van der Waals surface area contributed by atoms with E-state index in [1.165, 1.54) is 0 Å². The molecule has 0 saturated carbocycles. The molecule has 4 heteroatoms. The van der Waals surface area contributed by atoms with Crippen molar-refractivity contribution in [1.29, 1.82) is 0 Å². The normalized spacial score (nSPS) is 13.1. The Labute approximate surface area is 123 Å². The van der Waals surface area contributed by atoms with Gasteiger partial charge in [-0.25, -0.2) is 13.1 Å². The lowest BCUT2D eigenvalue weighted by Crippen LogP contribution is -2.34. The summed E-state index contributed by atoms with van der Waals surface area (Å²) < 4.78 is 27.4. The number of hydrogen-bond acceptors (Lipinski definition) is 2. The minimum absolute atomic E-state index is 0.0645. The van der Waals surface area contributed by atoms with Crippen molar-refractivity contribution < 1.29 is 8.42 Å². The van der Waals surface area contributed by atoms with E-state index < -0.39 is 10.0 Å². The van der Waals surface area contributed by atoms with Gasteiger partial charge in [-0.05, 0) is 31.9 Å². The molecule has 0 bridgehead atoms. The molecule has 0 spiro atoms. The highest BCUT2D eigenvalue weighted by molar-refractivity contribution is 7.89. The summed E-state index contributed by atoms with van der Waals surface area (Å²) in [7, 11) is -3.43. The van der Waals surface area contributed by atoms with Gasteiger partial charge in [-0.3, -0.25) is 0 Å². The van der Waals surface area contributed by atoms with Gasteiger partial charge in [0.2, 0.25) is 10.0 Å². The van der Waals surface area contributed by atoms with Crippen LogP contribution < -0.4 is 4.72 Å². The van der Waals surface area contributed by atoms with E-state index in [2.05, 4.69) is 18.2 Å². The van der Waals surface area contributed by atoms with Crippen molar-refractivity contribution >= 4 is 10.0 Å². The number of nitrogens with one attached hydrogen (secondary N) is 1. The predicted molar refractivity (Wildman–Crippen MR) is 84.2 cm³/mol. The van der Waals surface area contributed by atoms with E-state index in [-0.39, 0.29) is 6.04 Å². The van der Waals surface area contributed by atoms with E-state index in [4.69, 9.17) is 0 Å². The lowest BCUT2D eigenvalue weighted by atomic mass is 10.1. The van der Waals surface area contributed by atoms with Crippen LogP contribution in [0, 0.1) is 6.92 Å². The fourth-order valence-corrected chi connectivity index (χ4v) is 3.36. The number of sulfonamides is 1. The first-order chi connectivity index (χ1) is 9.49. The lowest BCUT2D eigenvalue weighted by molar-refractivity contribution is 0.507. The number of hydrogen-bond donors (Lipinski definition) is 1. The maximum Gasteiger partial charge on any atom is 0.240 e. The molecule has 0 aliphatic heterocycles. The molecule has 1 aromatic rings. The van der Waals surface area contributed by atoms with E-state index in [1.807, 2.05) is 19.1 Å². The third kappa shape index (κ3) is 5.47. The van der Waals surface area contributed by atoms with Crippen LogP contribution in [-0.2, 0) is 10.0 Å². The SMILES string of the molecule is C=CCC(CCCCC)NS(=O)(=O)c1ccc(C)cc1. The van der Waals surface area contributed by atoms with Crippen LogP contribution in [0.25, 0.3) is 0 Å². The van der Waals surface area contributed by atoms with Gasteiger partial charge in [-0.1, -0.05) is 50.0 Å². The first-order valence-corrected chi connectivity index (χ1v) is 8.67. The minimum atomic E-state index is -3.43.